The smallest absolute Gasteiger partial charge is 0.408 e. The number of cyclic esters (lactones) is 1. The van der Waals surface area contributed by atoms with Crippen LogP contribution in [0, 0.1) is 0 Å². The molecule has 0 bridgehead atoms. The molecule has 0 aliphatic carbocycles. The quantitative estimate of drug-likeness (QED) is 0.923. The molecule has 0 radical (unpaired) electrons. The molecule has 1 aromatic rings. The van der Waals surface area contributed by atoms with E-state index in [1.165, 1.54) is 33.5 Å². The Morgan fingerprint density at radius 3 is 2.43 bits per heavy atom. The summed E-state index contributed by atoms with van der Waals surface area (Å²) >= 11 is 0. The number of amides is 1. The summed E-state index contributed by atoms with van der Waals surface area (Å²) in [5, 5.41) is 2.10. The highest BCUT2D eigenvalue weighted by Gasteiger charge is 2.48. The lowest BCUT2D eigenvalue weighted by atomic mass is 9.98. The second-order valence-electron chi connectivity index (χ2n) is 4.34. The van der Waals surface area contributed by atoms with E-state index in [4.69, 9.17) is 14.2 Å². The molecule has 8 heteroatoms. The molecule has 1 amide bonds. The zero-order valence-corrected chi connectivity index (χ0v) is 11.7. The highest BCUT2D eigenvalue weighted by molar-refractivity contribution is 5.70. The van der Waals surface area contributed by atoms with E-state index >= 15 is 0 Å². The predicted octanol–water partition coefficient (Wildman–Crippen LogP) is 2.13. The second kappa shape index (κ2) is 5.63. The topological polar surface area (TPSA) is 66.0 Å². The number of methoxy groups -OCH3 is 3. The van der Waals surface area contributed by atoms with E-state index in [0.29, 0.717) is 5.75 Å². The van der Waals surface area contributed by atoms with Gasteiger partial charge in [-0.3, -0.25) is 0 Å². The number of nitrogens with one attached hydrogen (secondary N) is 1. The van der Waals surface area contributed by atoms with Crippen molar-refractivity contribution in [3.8, 4) is 17.2 Å². The summed E-state index contributed by atoms with van der Waals surface area (Å²) in [6.07, 6.45) is -0.914. The Labute approximate surface area is 119 Å². The number of halogens is 2. The van der Waals surface area contributed by atoms with Crippen LogP contribution in [0.3, 0.4) is 0 Å². The van der Waals surface area contributed by atoms with Crippen LogP contribution in [0.25, 0.3) is 0 Å². The number of alkyl carbamates (subject to hydrolysis) is 1. The van der Waals surface area contributed by atoms with Gasteiger partial charge in [-0.15, -0.1) is 0 Å². The first-order chi connectivity index (χ1) is 9.94. The van der Waals surface area contributed by atoms with Crippen LogP contribution in [0.4, 0.5) is 13.6 Å². The molecular formula is C13H15F2NO5. The Balaban J connectivity index is 2.54. The van der Waals surface area contributed by atoms with E-state index in [0.717, 1.165) is 0 Å². The van der Waals surface area contributed by atoms with E-state index in [9.17, 15) is 13.6 Å². The normalized spacial score (nSPS) is 20.2. The van der Waals surface area contributed by atoms with Gasteiger partial charge in [0.1, 0.15) is 6.04 Å². The molecule has 0 aromatic heterocycles. The van der Waals surface area contributed by atoms with E-state index in [2.05, 4.69) is 10.1 Å². The number of ether oxygens (including phenoxy) is 4. The van der Waals surface area contributed by atoms with Gasteiger partial charge in [-0.1, -0.05) is 0 Å². The standard InChI is InChI=1S/C13H15F2NO5/c1-18-8-5-4-7(9(19-2)10(8)20-3)11-13(14,15)6-21-12(17)16-11/h4-5,11H,6H2,1-3H3,(H,16,17)/t11-/m1/s1. The fraction of sp³-hybridized carbons (Fsp3) is 0.462. The van der Waals surface area contributed by atoms with Crippen molar-refractivity contribution < 1.29 is 32.5 Å². The van der Waals surface area contributed by atoms with Crippen LogP contribution in [0.2, 0.25) is 0 Å². The molecule has 1 saturated heterocycles. The fourth-order valence-corrected chi connectivity index (χ4v) is 2.17. The number of hydrogen-bond acceptors (Lipinski definition) is 5. The van der Waals surface area contributed by atoms with Crippen LogP contribution in [-0.4, -0.2) is 40.0 Å². The average molecular weight is 303 g/mol. The summed E-state index contributed by atoms with van der Waals surface area (Å²) < 4.78 is 47.7. The monoisotopic (exact) mass is 303 g/mol. The number of hydrogen-bond donors (Lipinski definition) is 1. The van der Waals surface area contributed by atoms with Gasteiger partial charge in [0.25, 0.3) is 0 Å². The zero-order valence-electron chi connectivity index (χ0n) is 11.7. The highest BCUT2D eigenvalue weighted by Crippen LogP contribution is 2.46. The molecule has 1 atom stereocenters. The second-order valence-corrected chi connectivity index (χ2v) is 4.34. The third-order valence-electron chi connectivity index (χ3n) is 3.13. The first-order valence-electron chi connectivity index (χ1n) is 6.04. The van der Waals surface area contributed by atoms with Crippen LogP contribution in [0.1, 0.15) is 11.6 Å². The molecule has 0 spiro atoms. The summed E-state index contributed by atoms with van der Waals surface area (Å²) in [6.45, 7) is -0.999. The minimum absolute atomic E-state index is 0.0729. The molecule has 6 nitrogen and oxygen atoms in total. The van der Waals surface area contributed by atoms with Crippen molar-refractivity contribution in [2.75, 3.05) is 27.9 Å². The minimum atomic E-state index is -3.28. The first-order valence-corrected chi connectivity index (χ1v) is 6.04. The molecule has 1 aromatic carbocycles. The van der Waals surface area contributed by atoms with Gasteiger partial charge >= 0.3 is 12.0 Å². The van der Waals surface area contributed by atoms with Crippen molar-refractivity contribution in [3.05, 3.63) is 17.7 Å². The van der Waals surface area contributed by atoms with Gasteiger partial charge in [0.2, 0.25) is 5.75 Å². The maximum atomic E-state index is 14.0. The number of rotatable bonds is 4. The highest BCUT2D eigenvalue weighted by atomic mass is 19.3. The van der Waals surface area contributed by atoms with Crippen molar-refractivity contribution >= 4 is 6.09 Å². The van der Waals surface area contributed by atoms with Crippen LogP contribution < -0.4 is 19.5 Å². The van der Waals surface area contributed by atoms with E-state index in [-0.39, 0.29) is 17.1 Å². The Hall–Kier alpha value is -2.25. The molecule has 2 rings (SSSR count). The van der Waals surface area contributed by atoms with Gasteiger partial charge in [0, 0.05) is 5.56 Å². The van der Waals surface area contributed by atoms with Crippen molar-refractivity contribution in [1.29, 1.82) is 0 Å². The molecular weight excluding hydrogens is 288 g/mol. The molecule has 1 heterocycles. The molecule has 1 aliphatic rings. The van der Waals surface area contributed by atoms with E-state index in [1.807, 2.05) is 0 Å². The Kier molecular flexibility index (Phi) is 4.06. The summed E-state index contributed by atoms with van der Waals surface area (Å²) in [7, 11) is 4.10. The number of alkyl halides is 2. The molecule has 116 valence electrons. The minimum Gasteiger partial charge on any atom is -0.493 e. The van der Waals surface area contributed by atoms with Crippen molar-refractivity contribution in [2.45, 2.75) is 12.0 Å². The third-order valence-corrected chi connectivity index (χ3v) is 3.13. The van der Waals surface area contributed by atoms with Gasteiger partial charge in [0.15, 0.2) is 18.1 Å². The lowest BCUT2D eigenvalue weighted by Crippen LogP contribution is -2.49. The van der Waals surface area contributed by atoms with Gasteiger partial charge < -0.3 is 24.3 Å². The van der Waals surface area contributed by atoms with Crippen molar-refractivity contribution in [1.82, 2.24) is 5.32 Å². The van der Waals surface area contributed by atoms with Crippen LogP contribution in [-0.2, 0) is 4.74 Å². The van der Waals surface area contributed by atoms with Crippen LogP contribution >= 0.6 is 0 Å². The maximum absolute atomic E-state index is 14.0. The zero-order chi connectivity index (χ0) is 15.6. The van der Waals surface area contributed by atoms with Crippen LogP contribution in [0.15, 0.2) is 12.1 Å². The number of carbonyl (C=O) groups is 1. The van der Waals surface area contributed by atoms with Gasteiger partial charge in [0.05, 0.1) is 21.3 Å². The fourth-order valence-electron chi connectivity index (χ4n) is 2.17. The van der Waals surface area contributed by atoms with E-state index < -0.39 is 24.7 Å². The van der Waals surface area contributed by atoms with Gasteiger partial charge in [-0.2, -0.15) is 0 Å². The maximum Gasteiger partial charge on any atom is 0.408 e. The molecule has 21 heavy (non-hydrogen) atoms. The predicted molar refractivity (Wildman–Crippen MR) is 68.3 cm³/mol. The molecule has 1 N–H and O–H groups in total. The lowest BCUT2D eigenvalue weighted by molar-refractivity contribution is -0.104. The summed E-state index contributed by atoms with van der Waals surface area (Å²) in [5.41, 5.74) is 0.0804. The number of carbonyl (C=O) groups excluding carboxylic acids is 1. The number of benzene rings is 1. The lowest BCUT2D eigenvalue weighted by Gasteiger charge is -2.32. The molecule has 0 saturated carbocycles. The Morgan fingerprint density at radius 1 is 1.19 bits per heavy atom. The first kappa shape index (κ1) is 15.1. The average Bonchev–Trinajstić information content (AvgIpc) is 2.48. The van der Waals surface area contributed by atoms with Crippen molar-refractivity contribution in [2.24, 2.45) is 0 Å². The largest absolute Gasteiger partial charge is 0.493 e. The third kappa shape index (κ3) is 2.65. The van der Waals surface area contributed by atoms with E-state index in [1.54, 1.807) is 0 Å². The summed E-state index contributed by atoms with van der Waals surface area (Å²) in [6, 6.07) is 1.28. The summed E-state index contributed by atoms with van der Waals surface area (Å²) in [5.74, 6) is -2.70. The molecule has 0 unspecified atom stereocenters. The van der Waals surface area contributed by atoms with Crippen molar-refractivity contribution in [3.63, 3.8) is 0 Å². The summed E-state index contributed by atoms with van der Waals surface area (Å²) in [4.78, 5) is 11.2. The molecule has 1 fully saturated rings. The SMILES string of the molecule is COc1ccc([C@H]2NC(=O)OCC2(F)F)c(OC)c1OC. The Morgan fingerprint density at radius 2 is 1.86 bits per heavy atom. The van der Waals surface area contributed by atoms with Gasteiger partial charge in [-0.25, -0.2) is 13.6 Å². The Bertz CT molecular complexity index is 550. The van der Waals surface area contributed by atoms with Gasteiger partial charge in [-0.05, 0) is 12.1 Å². The molecule has 1 aliphatic heterocycles. The van der Waals surface area contributed by atoms with Crippen LogP contribution in [0.5, 0.6) is 17.2 Å².